The highest BCUT2D eigenvalue weighted by Crippen LogP contribution is 2.22. The molecule has 5 nitrogen and oxygen atoms in total. The molecule has 0 spiro atoms. The number of carbonyl (C=O) groups is 1. The number of hydrogen-bond acceptors (Lipinski definition) is 4. The molecular formula is C14H17N3O2. The number of ether oxygens (including phenoxy) is 1. The fourth-order valence-corrected chi connectivity index (χ4v) is 1.99. The van der Waals surface area contributed by atoms with Crippen LogP contribution in [0.2, 0.25) is 0 Å². The molecule has 1 aromatic carbocycles. The fourth-order valence-electron chi connectivity index (χ4n) is 1.99. The quantitative estimate of drug-likeness (QED) is 0.838. The second-order valence-corrected chi connectivity index (χ2v) is 4.46. The summed E-state index contributed by atoms with van der Waals surface area (Å²) in [6, 6.07) is 11.1. The zero-order valence-corrected chi connectivity index (χ0v) is 11.0. The number of methoxy groups -OCH3 is 1. The third-order valence-corrected chi connectivity index (χ3v) is 3.17. The van der Waals surface area contributed by atoms with E-state index in [-0.39, 0.29) is 6.54 Å². The summed E-state index contributed by atoms with van der Waals surface area (Å²) in [6.07, 6.45) is 1.68. The zero-order valence-electron chi connectivity index (χ0n) is 11.0. The van der Waals surface area contributed by atoms with Gasteiger partial charge in [-0.15, -0.1) is 0 Å². The molecule has 2 aromatic rings. The molecule has 1 atom stereocenters. The molecule has 0 bridgehead atoms. The maximum Gasteiger partial charge on any atom is 0.332 e. The van der Waals surface area contributed by atoms with Gasteiger partial charge in [0, 0.05) is 11.9 Å². The van der Waals surface area contributed by atoms with Crippen LogP contribution in [0.25, 0.3) is 0 Å². The van der Waals surface area contributed by atoms with Crippen molar-refractivity contribution in [1.29, 1.82) is 0 Å². The van der Waals surface area contributed by atoms with E-state index in [9.17, 15) is 4.79 Å². The summed E-state index contributed by atoms with van der Waals surface area (Å²) in [5.74, 6) is -0.478. The lowest BCUT2D eigenvalue weighted by molar-refractivity contribution is -0.148. The Morgan fingerprint density at radius 3 is 2.58 bits per heavy atom. The fraction of sp³-hybridized carbons (Fsp3) is 0.286. The molecule has 0 amide bonds. The number of esters is 1. The van der Waals surface area contributed by atoms with E-state index in [2.05, 4.69) is 5.10 Å². The van der Waals surface area contributed by atoms with Crippen LogP contribution in [-0.2, 0) is 21.6 Å². The van der Waals surface area contributed by atoms with Crippen molar-refractivity contribution in [3.8, 4) is 0 Å². The Bertz CT molecular complexity index is 565. The van der Waals surface area contributed by atoms with Gasteiger partial charge in [-0.1, -0.05) is 30.3 Å². The Balaban J connectivity index is 2.41. The molecule has 0 aliphatic heterocycles. The molecule has 0 aliphatic carbocycles. The van der Waals surface area contributed by atoms with Crippen LogP contribution in [0.3, 0.4) is 0 Å². The predicted molar refractivity (Wildman–Crippen MR) is 71.3 cm³/mol. The lowest BCUT2D eigenvalue weighted by Crippen LogP contribution is -2.49. The normalized spacial score (nSPS) is 13.8. The van der Waals surface area contributed by atoms with Crippen molar-refractivity contribution < 1.29 is 9.53 Å². The Morgan fingerprint density at radius 1 is 1.37 bits per heavy atom. The summed E-state index contributed by atoms with van der Waals surface area (Å²) in [4.78, 5) is 12.1. The van der Waals surface area contributed by atoms with Gasteiger partial charge in [-0.05, 0) is 18.6 Å². The Labute approximate surface area is 112 Å². The van der Waals surface area contributed by atoms with Gasteiger partial charge in [0.05, 0.1) is 13.7 Å². The monoisotopic (exact) mass is 259 g/mol. The summed E-state index contributed by atoms with van der Waals surface area (Å²) in [7, 11) is 1.34. The van der Waals surface area contributed by atoms with Gasteiger partial charge in [0.2, 0.25) is 0 Å². The topological polar surface area (TPSA) is 70.1 Å². The van der Waals surface area contributed by atoms with Crippen LogP contribution in [0.15, 0.2) is 42.6 Å². The molecule has 19 heavy (non-hydrogen) atoms. The van der Waals surface area contributed by atoms with E-state index in [0.29, 0.717) is 5.56 Å². The Morgan fingerprint density at radius 2 is 2.05 bits per heavy atom. The highest BCUT2D eigenvalue weighted by atomic mass is 16.5. The van der Waals surface area contributed by atoms with Crippen LogP contribution >= 0.6 is 0 Å². The van der Waals surface area contributed by atoms with Crippen LogP contribution in [-0.4, -0.2) is 22.9 Å². The first-order valence-corrected chi connectivity index (χ1v) is 5.99. The van der Waals surface area contributed by atoms with Gasteiger partial charge < -0.3 is 10.5 Å². The van der Waals surface area contributed by atoms with Crippen molar-refractivity contribution in [1.82, 2.24) is 9.78 Å². The zero-order chi connectivity index (χ0) is 13.9. The van der Waals surface area contributed by atoms with Gasteiger partial charge in [-0.2, -0.15) is 5.10 Å². The maximum absolute atomic E-state index is 12.1. The van der Waals surface area contributed by atoms with Gasteiger partial charge >= 0.3 is 5.97 Å². The molecule has 0 fully saturated rings. The molecule has 1 aromatic heterocycles. The summed E-state index contributed by atoms with van der Waals surface area (Å²) < 4.78 is 6.55. The van der Waals surface area contributed by atoms with Crippen LogP contribution in [0.5, 0.6) is 0 Å². The van der Waals surface area contributed by atoms with E-state index in [1.165, 1.54) is 7.11 Å². The van der Waals surface area contributed by atoms with E-state index in [4.69, 9.17) is 10.5 Å². The van der Waals surface area contributed by atoms with Gasteiger partial charge in [-0.25, -0.2) is 4.79 Å². The van der Waals surface area contributed by atoms with Crippen molar-refractivity contribution in [3.05, 3.63) is 53.9 Å². The van der Waals surface area contributed by atoms with Gasteiger partial charge in [0.15, 0.2) is 5.54 Å². The average molecular weight is 259 g/mol. The standard InChI is InChI=1S/C14H17N3O2/c1-11-8-9-16-17(11)10-14(15,13(18)19-2)12-6-4-3-5-7-12/h3-9H,10,15H2,1-2H3. The van der Waals surface area contributed by atoms with Gasteiger partial charge in [-0.3, -0.25) is 4.68 Å². The summed E-state index contributed by atoms with van der Waals surface area (Å²) in [6.45, 7) is 2.15. The van der Waals surface area contributed by atoms with Gasteiger partial charge in [0.25, 0.3) is 0 Å². The molecule has 0 aliphatic rings. The first kappa shape index (κ1) is 13.3. The van der Waals surface area contributed by atoms with E-state index in [0.717, 1.165) is 5.69 Å². The average Bonchev–Trinajstić information content (AvgIpc) is 2.84. The molecule has 2 N–H and O–H groups in total. The van der Waals surface area contributed by atoms with E-state index >= 15 is 0 Å². The predicted octanol–water partition coefficient (Wildman–Crippen LogP) is 1.22. The first-order chi connectivity index (χ1) is 9.08. The smallest absolute Gasteiger partial charge is 0.332 e. The van der Waals surface area contributed by atoms with E-state index in [1.807, 2.05) is 43.3 Å². The number of aryl methyl sites for hydroxylation is 1. The maximum atomic E-state index is 12.1. The highest BCUT2D eigenvalue weighted by molar-refractivity contribution is 5.82. The third-order valence-electron chi connectivity index (χ3n) is 3.17. The minimum Gasteiger partial charge on any atom is -0.467 e. The minimum atomic E-state index is -1.24. The SMILES string of the molecule is COC(=O)C(N)(Cn1nccc1C)c1ccccc1. The number of rotatable bonds is 4. The number of benzene rings is 1. The largest absolute Gasteiger partial charge is 0.467 e. The van der Waals surface area contributed by atoms with Crippen molar-refractivity contribution >= 4 is 5.97 Å². The van der Waals surface area contributed by atoms with E-state index < -0.39 is 11.5 Å². The van der Waals surface area contributed by atoms with Crippen LogP contribution in [0.4, 0.5) is 0 Å². The second kappa shape index (κ2) is 5.24. The van der Waals surface area contributed by atoms with Crippen LogP contribution in [0, 0.1) is 6.92 Å². The molecule has 0 saturated heterocycles. The minimum absolute atomic E-state index is 0.239. The summed E-state index contributed by atoms with van der Waals surface area (Å²) >= 11 is 0. The molecule has 5 heteroatoms. The molecule has 1 heterocycles. The highest BCUT2D eigenvalue weighted by Gasteiger charge is 2.38. The number of aromatic nitrogens is 2. The van der Waals surface area contributed by atoms with E-state index in [1.54, 1.807) is 10.9 Å². The number of nitrogens with zero attached hydrogens (tertiary/aromatic N) is 2. The van der Waals surface area contributed by atoms with Crippen molar-refractivity contribution in [3.63, 3.8) is 0 Å². The summed E-state index contributed by atoms with van der Waals surface area (Å²) in [5.41, 5.74) is 6.70. The Kier molecular flexibility index (Phi) is 3.66. The molecule has 100 valence electrons. The van der Waals surface area contributed by atoms with Crippen LogP contribution in [0.1, 0.15) is 11.3 Å². The molecular weight excluding hydrogens is 242 g/mol. The third kappa shape index (κ3) is 2.51. The van der Waals surface area contributed by atoms with Crippen molar-refractivity contribution in [2.75, 3.05) is 7.11 Å². The summed E-state index contributed by atoms with van der Waals surface area (Å²) in [5, 5.41) is 4.17. The number of nitrogens with two attached hydrogens (primary N) is 1. The Hall–Kier alpha value is -2.14. The van der Waals surface area contributed by atoms with Crippen LogP contribution < -0.4 is 5.73 Å². The number of carbonyl (C=O) groups excluding carboxylic acids is 1. The van der Waals surface area contributed by atoms with Crippen molar-refractivity contribution in [2.24, 2.45) is 5.73 Å². The molecule has 0 radical (unpaired) electrons. The lowest BCUT2D eigenvalue weighted by Gasteiger charge is -2.27. The first-order valence-electron chi connectivity index (χ1n) is 5.99. The van der Waals surface area contributed by atoms with Gasteiger partial charge in [0.1, 0.15) is 0 Å². The lowest BCUT2D eigenvalue weighted by atomic mass is 9.91. The molecule has 0 saturated carbocycles. The molecule has 2 rings (SSSR count). The van der Waals surface area contributed by atoms with Crippen molar-refractivity contribution in [2.45, 2.75) is 19.0 Å². The second-order valence-electron chi connectivity index (χ2n) is 4.46. The number of hydrogen-bond donors (Lipinski definition) is 1. The molecule has 1 unspecified atom stereocenters.